The summed E-state index contributed by atoms with van der Waals surface area (Å²) in [5.74, 6) is 5.84. The van der Waals surface area contributed by atoms with Gasteiger partial charge in [0.25, 0.3) is 0 Å². The number of benzene rings is 4. The number of ether oxygens (including phenoxy) is 4. The normalized spacial score (nSPS) is 14.9. The van der Waals surface area contributed by atoms with Gasteiger partial charge in [0.2, 0.25) is 25.5 Å². The number of rotatable bonds is 8. The first-order chi connectivity index (χ1) is 26.5. The number of nitrogens with zero attached hydrogens (tertiary/aromatic N) is 4. The fourth-order valence-corrected chi connectivity index (χ4v) is 7.20. The van der Waals surface area contributed by atoms with Gasteiger partial charge in [-0.15, -0.1) is 0 Å². The Balaban J connectivity index is 0.000000142. The average Bonchev–Trinajstić information content (AvgIpc) is 4.00. The van der Waals surface area contributed by atoms with E-state index >= 15 is 0 Å². The van der Waals surface area contributed by atoms with Gasteiger partial charge in [-0.25, -0.2) is 9.97 Å². The Morgan fingerprint density at radius 1 is 0.500 bits per heavy atom. The van der Waals surface area contributed by atoms with E-state index in [4.69, 9.17) is 18.9 Å². The fraction of sp³-hybridized carbons (Fsp3) is 0.238. The molecule has 4 heterocycles. The molecule has 4 N–H and O–H groups in total. The van der Waals surface area contributed by atoms with E-state index in [0.29, 0.717) is 24.0 Å². The van der Waals surface area contributed by atoms with E-state index in [2.05, 4.69) is 89.7 Å². The SMILES string of the molecule is Cc1cnc(NC2Cc3ccccc3C2)nc1Nc1ccc2c(c1)OCO2.Cc1cnc(Nc2ccc3c(c2)OCO3)nc1NC1Cc2ccccc2C1. The molecule has 10 rings (SSSR count). The maximum absolute atomic E-state index is 5.44. The number of hydrogen-bond donors (Lipinski definition) is 4. The number of nitrogens with one attached hydrogen (secondary N) is 4. The molecular weight excluding hydrogens is 681 g/mol. The molecule has 12 nitrogen and oxygen atoms in total. The Hall–Kier alpha value is -6.56. The summed E-state index contributed by atoms with van der Waals surface area (Å²) in [7, 11) is 0. The lowest BCUT2D eigenvalue weighted by atomic mass is 10.1. The van der Waals surface area contributed by atoms with Crippen molar-refractivity contribution in [2.45, 2.75) is 51.6 Å². The summed E-state index contributed by atoms with van der Waals surface area (Å²) in [5.41, 5.74) is 9.42. The molecule has 0 radical (unpaired) electrons. The van der Waals surface area contributed by atoms with Crippen LogP contribution < -0.4 is 40.2 Å². The first-order valence-corrected chi connectivity index (χ1v) is 18.2. The minimum atomic E-state index is 0.262. The van der Waals surface area contributed by atoms with E-state index in [1.54, 1.807) is 0 Å². The molecule has 12 heteroatoms. The van der Waals surface area contributed by atoms with Crippen molar-refractivity contribution in [1.82, 2.24) is 19.9 Å². The van der Waals surface area contributed by atoms with E-state index in [-0.39, 0.29) is 13.6 Å². The van der Waals surface area contributed by atoms with Crippen LogP contribution in [0.15, 0.2) is 97.3 Å². The van der Waals surface area contributed by atoms with Crippen molar-refractivity contribution in [2.75, 3.05) is 34.9 Å². The first kappa shape index (κ1) is 33.3. The smallest absolute Gasteiger partial charge is 0.231 e. The lowest BCUT2D eigenvalue weighted by molar-refractivity contribution is 0.173. The molecule has 0 saturated carbocycles. The van der Waals surface area contributed by atoms with Crippen LogP contribution in [0.5, 0.6) is 23.0 Å². The van der Waals surface area contributed by atoms with Crippen LogP contribution in [0, 0.1) is 13.8 Å². The van der Waals surface area contributed by atoms with Crippen LogP contribution in [0.4, 0.5) is 34.9 Å². The van der Waals surface area contributed by atoms with Gasteiger partial charge in [0.15, 0.2) is 23.0 Å². The third-order valence-corrected chi connectivity index (χ3v) is 9.98. The molecule has 272 valence electrons. The monoisotopic (exact) mass is 720 g/mol. The number of anilines is 6. The zero-order valence-electron chi connectivity index (χ0n) is 30.1. The first-order valence-electron chi connectivity index (χ1n) is 18.2. The Kier molecular flexibility index (Phi) is 8.91. The van der Waals surface area contributed by atoms with Gasteiger partial charge in [0, 0.05) is 59.1 Å². The fourth-order valence-electron chi connectivity index (χ4n) is 7.20. The molecule has 0 unspecified atom stereocenters. The summed E-state index contributed by atoms with van der Waals surface area (Å²) in [6.07, 6.45) is 7.71. The van der Waals surface area contributed by atoms with Crippen LogP contribution in [0.2, 0.25) is 0 Å². The molecule has 6 aromatic rings. The van der Waals surface area contributed by atoms with Crippen LogP contribution in [-0.4, -0.2) is 45.6 Å². The molecule has 0 atom stereocenters. The number of hydrogen-bond acceptors (Lipinski definition) is 12. The van der Waals surface area contributed by atoms with Crippen molar-refractivity contribution < 1.29 is 18.9 Å². The minimum absolute atomic E-state index is 0.262. The summed E-state index contributed by atoms with van der Waals surface area (Å²) < 4.78 is 21.6. The zero-order valence-corrected chi connectivity index (χ0v) is 30.1. The summed E-state index contributed by atoms with van der Waals surface area (Å²) in [6, 6.07) is 29.3. The largest absolute Gasteiger partial charge is 0.454 e. The third kappa shape index (κ3) is 7.23. The predicted octanol–water partition coefficient (Wildman–Crippen LogP) is 7.67. The topological polar surface area (TPSA) is 137 Å². The van der Waals surface area contributed by atoms with Crippen LogP contribution >= 0.6 is 0 Å². The van der Waals surface area contributed by atoms with Gasteiger partial charge in [0.05, 0.1) is 0 Å². The van der Waals surface area contributed by atoms with Crippen molar-refractivity contribution in [3.8, 4) is 23.0 Å². The van der Waals surface area contributed by atoms with Crippen molar-refractivity contribution in [2.24, 2.45) is 0 Å². The highest BCUT2D eigenvalue weighted by Gasteiger charge is 2.23. The Morgan fingerprint density at radius 3 is 1.54 bits per heavy atom. The van der Waals surface area contributed by atoms with E-state index in [0.717, 1.165) is 82.8 Å². The van der Waals surface area contributed by atoms with E-state index in [9.17, 15) is 0 Å². The molecule has 0 fully saturated rings. The van der Waals surface area contributed by atoms with Gasteiger partial charge < -0.3 is 40.2 Å². The highest BCUT2D eigenvalue weighted by molar-refractivity contribution is 5.65. The molecule has 2 aromatic heterocycles. The molecule has 2 aliphatic carbocycles. The maximum atomic E-state index is 5.44. The van der Waals surface area contributed by atoms with Crippen LogP contribution in [-0.2, 0) is 25.7 Å². The summed E-state index contributed by atoms with van der Waals surface area (Å²) in [6.45, 7) is 4.54. The summed E-state index contributed by atoms with van der Waals surface area (Å²) in [4.78, 5) is 18.2. The zero-order chi connectivity index (χ0) is 36.4. The molecule has 4 aromatic carbocycles. The average molecular weight is 721 g/mol. The molecule has 0 spiro atoms. The van der Waals surface area contributed by atoms with Crippen LogP contribution in [0.25, 0.3) is 0 Å². The second kappa shape index (κ2) is 14.5. The number of fused-ring (bicyclic) bond motifs is 4. The molecule has 0 bridgehead atoms. The quantitative estimate of drug-likeness (QED) is 0.123. The maximum Gasteiger partial charge on any atom is 0.231 e. The molecule has 2 aliphatic heterocycles. The van der Waals surface area contributed by atoms with Gasteiger partial charge in [-0.2, -0.15) is 9.97 Å². The Morgan fingerprint density at radius 2 is 0.963 bits per heavy atom. The predicted molar refractivity (Wildman–Crippen MR) is 208 cm³/mol. The third-order valence-electron chi connectivity index (χ3n) is 9.98. The molecule has 0 saturated heterocycles. The van der Waals surface area contributed by atoms with E-state index < -0.39 is 0 Å². The standard InChI is InChI=1S/2C21H20N4O2/c1-13-11-22-21(24-16-6-7-18-19(10-16)27-12-26-18)25-20(13)23-17-8-14-4-2-3-5-15(14)9-17;1-13-11-22-21(24-17-8-14-4-2-3-5-15(14)9-17)25-20(13)23-16-6-7-18-19(10-16)27-12-26-18/h2*2-7,10-11,17H,8-9,12H2,1H3,(H2,22,23,24,25). The van der Waals surface area contributed by atoms with Crippen molar-refractivity contribution >= 4 is 34.9 Å². The lowest BCUT2D eigenvalue weighted by Crippen LogP contribution is -2.21. The second-order valence-electron chi connectivity index (χ2n) is 13.9. The van der Waals surface area contributed by atoms with Gasteiger partial charge >= 0.3 is 0 Å². The van der Waals surface area contributed by atoms with Gasteiger partial charge in [-0.05, 0) is 86.1 Å². The van der Waals surface area contributed by atoms with Crippen LogP contribution in [0.1, 0.15) is 33.4 Å². The molecule has 4 aliphatic rings. The van der Waals surface area contributed by atoms with Crippen molar-refractivity contribution in [3.05, 3.63) is 131 Å². The minimum Gasteiger partial charge on any atom is -0.454 e. The lowest BCUT2D eigenvalue weighted by Gasteiger charge is -2.16. The summed E-state index contributed by atoms with van der Waals surface area (Å²) >= 11 is 0. The van der Waals surface area contributed by atoms with Gasteiger partial charge in [-0.1, -0.05) is 48.5 Å². The van der Waals surface area contributed by atoms with E-state index in [1.807, 2.05) is 62.6 Å². The highest BCUT2D eigenvalue weighted by atomic mass is 16.7. The Bertz CT molecular complexity index is 2290. The van der Waals surface area contributed by atoms with Crippen molar-refractivity contribution in [3.63, 3.8) is 0 Å². The van der Waals surface area contributed by atoms with Gasteiger partial charge in [0.1, 0.15) is 11.6 Å². The molecule has 0 amide bonds. The highest BCUT2D eigenvalue weighted by Crippen LogP contribution is 2.36. The molecule has 54 heavy (non-hydrogen) atoms. The summed E-state index contributed by atoms with van der Waals surface area (Å²) in [5, 5.41) is 13.7. The second-order valence-corrected chi connectivity index (χ2v) is 13.9. The Labute approximate surface area is 313 Å². The van der Waals surface area contributed by atoms with E-state index in [1.165, 1.54) is 22.3 Å². The van der Waals surface area contributed by atoms with Gasteiger partial charge in [-0.3, -0.25) is 0 Å². The molecular formula is C42H40N8O4. The number of aromatic nitrogens is 4. The van der Waals surface area contributed by atoms with Crippen LogP contribution in [0.3, 0.4) is 0 Å². The number of aryl methyl sites for hydroxylation is 2. The van der Waals surface area contributed by atoms with Crippen molar-refractivity contribution in [1.29, 1.82) is 0 Å².